The van der Waals surface area contributed by atoms with Crippen LogP contribution >= 0.6 is 15.9 Å². The van der Waals surface area contributed by atoms with Gasteiger partial charge in [0.2, 0.25) is 0 Å². The van der Waals surface area contributed by atoms with Crippen molar-refractivity contribution in [3.05, 3.63) is 68.5 Å². The summed E-state index contributed by atoms with van der Waals surface area (Å²) in [6, 6.07) is 9.44. The van der Waals surface area contributed by atoms with Crippen molar-refractivity contribution in [1.82, 2.24) is 5.32 Å². The van der Waals surface area contributed by atoms with Gasteiger partial charge < -0.3 is 29.0 Å². The van der Waals surface area contributed by atoms with Crippen molar-refractivity contribution in [2.24, 2.45) is 0 Å². The first kappa shape index (κ1) is 30.0. The zero-order valence-corrected chi connectivity index (χ0v) is 26.4. The predicted molar refractivity (Wildman–Crippen MR) is 162 cm³/mol. The third kappa shape index (κ3) is 5.76. The third-order valence-corrected chi connectivity index (χ3v) is 9.25. The van der Waals surface area contributed by atoms with Crippen LogP contribution in [0, 0.1) is 0 Å². The van der Waals surface area contributed by atoms with Gasteiger partial charge in [-0.2, -0.15) is 0 Å². The fourth-order valence-electron chi connectivity index (χ4n) is 6.45. The molecule has 8 nitrogen and oxygen atoms in total. The molecule has 2 unspecified atom stereocenters. The van der Waals surface area contributed by atoms with Crippen molar-refractivity contribution in [3.8, 4) is 23.0 Å². The lowest BCUT2D eigenvalue weighted by Crippen LogP contribution is -2.37. The van der Waals surface area contributed by atoms with Crippen LogP contribution in [0.15, 0.2) is 57.3 Å². The second-order valence-electron chi connectivity index (χ2n) is 11.0. The fourth-order valence-corrected chi connectivity index (χ4v) is 7.00. The SMILES string of the molecule is COc1ccc(C2CC(=O)C3=C(C2)NC(C)=C(C(=O)OC2CCCCC2)C3c2cc(OC)c(OC)cc2Br)cc1OC. The van der Waals surface area contributed by atoms with Crippen LogP contribution in [0.2, 0.25) is 0 Å². The van der Waals surface area contributed by atoms with E-state index in [1.165, 1.54) is 0 Å². The highest BCUT2D eigenvalue weighted by atomic mass is 79.9. The van der Waals surface area contributed by atoms with E-state index >= 15 is 0 Å². The molecule has 1 saturated carbocycles. The van der Waals surface area contributed by atoms with Crippen molar-refractivity contribution >= 4 is 27.7 Å². The number of carbonyl (C=O) groups is 2. The zero-order chi connectivity index (χ0) is 30.0. The van der Waals surface area contributed by atoms with Gasteiger partial charge in [0.05, 0.1) is 34.0 Å². The molecule has 224 valence electrons. The maximum atomic E-state index is 14.1. The van der Waals surface area contributed by atoms with Gasteiger partial charge in [-0.3, -0.25) is 4.79 Å². The fraction of sp³-hybridized carbons (Fsp3) is 0.455. The molecule has 1 N–H and O–H groups in total. The summed E-state index contributed by atoms with van der Waals surface area (Å²) in [5, 5.41) is 3.45. The van der Waals surface area contributed by atoms with Crippen LogP contribution in [0.25, 0.3) is 0 Å². The molecule has 2 aromatic rings. The number of ether oxygens (including phenoxy) is 5. The summed E-state index contributed by atoms with van der Waals surface area (Å²) in [4.78, 5) is 28.0. The lowest BCUT2D eigenvalue weighted by molar-refractivity contribution is -0.146. The number of methoxy groups -OCH3 is 4. The van der Waals surface area contributed by atoms with Gasteiger partial charge in [0, 0.05) is 33.8 Å². The maximum absolute atomic E-state index is 14.1. The first-order valence-corrected chi connectivity index (χ1v) is 15.2. The number of ketones is 1. The van der Waals surface area contributed by atoms with Crippen molar-refractivity contribution in [1.29, 1.82) is 0 Å². The lowest BCUT2D eigenvalue weighted by atomic mass is 9.71. The third-order valence-electron chi connectivity index (χ3n) is 8.57. The first-order chi connectivity index (χ1) is 20.3. The molecule has 0 radical (unpaired) electrons. The Morgan fingerprint density at radius 1 is 0.857 bits per heavy atom. The molecule has 2 atom stereocenters. The minimum Gasteiger partial charge on any atom is -0.493 e. The van der Waals surface area contributed by atoms with E-state index in [1.807, 2.05) is 37.3 Å². The molecule has 1 aliphatic heterocycles. The van der Waals surface area contributed by atoms with Gasteiger partial charge in [-0.05, 0) is 80.3 Å². The number of halogens is 1. The lowest BCUT2D eigenvalue weighted by Gasteiger charge is -2.37. The molecule has 0 bridgehead atoms. The summed E-state index contributed by atoms with van der Waals surface area (Å²) in [6.45, 7) is 1.88. The second kappa shape index (κ2) is 12.8. The first-order valence-electron chi connectivity index (χ1n) is 14.4. The van der Waals surface area contributed by atoms with E-state index in [1.54, 1.807) is 28.4 Å². The molecule has 2 aliphatic carbocycles. The van der Waals surface area contributed by atoms with Crippen molar-refractivity contribution in [2.45, 2.75) is 69.8 Å². The van der Waals surface area contributed by atoms with Gasteiger partial charge >= 0.3 is 5.97 Å². The molecule has 0 spiro atoms. The smallest absolute Gasteiger partial charge is 0.337 e. The highest BCUT2D eigenvalue weighted by molar-refractivity contribution is 9.10. The number of benzene rings is 2. The molecule has 42 heavy (non-hydrogen) atoms. The summed E-state index contributed by atoms with van der Waals surface area (Å²) < 4.78 is 28.9. The molecule has 2 aromatic carbocycles. The molecular weight excluding hydrogens is 602 g/mol. The summed E-state index contributed by atoms with van der Waals surface area (Å²) >= 11 is 3.71. The number of carbonyl (C=O) groups excluding carboxylic acids is 2. The van der Waals surface area contributed by atoms with Crippen LogP contribution in [-0.2, 0) is 14.3 Å². The Balaban J connectivity index is 1.58. The highest BCUT2D eigenvalue weighted by Crippen LogP contribution is 2.49. The average Bonchev–Trinajstić information content (AvgIpc) is 3.00. The Labute approximate surface area is 255 Å². The van der Waals surface area contributed by atoms with Crippen LogP contribution in [-0.4, -0.2) is 46.3 Å². The molecule has 0 amide bonds. The predicted octanol–water partition coefficient (Wildman–Crippen LogP) is 6.72. The van der Waals surface area contributed by atoms with Gasteiger partial charge in [-0.1, -0.05) is 28.4 Å². The Hall–Kier alpha value is -3.46. The minimum absolute atomic E-state index is 0.0225. The van der Waals surface area contributed by atoms with Crippen LogP contribution < -0.4 is 24.3 Å². The molecule has 9 heteroatoms. The Bertz CT molecular complexity index is 1440. The summed E-state index contributed by atoms with van der Waals surface area (Å²) in [6.07, 6.45) is 5.74. The molecule has 3 aliphatic rings. The van der Waals surface area contributed by atoms with E-state index < -0.39 is 5.92 Å². The van der Waals surface area contributed by atoms with E-state index in [4.69, 9.17) is 23.7 Å². The van der Waals surface area contributed by atoms with Crippen LogP contribution in [0.4, 0.5) is 0 Å². The Morgan fingerprint density at radius 3 is 2.17 bits per heavy atom. The van der Waals surface area contributed by atoms with Gasteiger partial charge in [0.1, 0.15) is 6.10 Å². The second-order valence-corrected chi connectivity index (χ2v) is 11.9. The van der Waals surface area contributed by atoms with E-state index in [2.05, 4.69) is 21.2 Å². The average molecular weight is 641 g/mol. The summed E-state index contributed by atoms with van der Waals surface area (Å²) in [5.74, 6) is 1.21. The van der Waals surface area contributed by atoms with Crippen molar-refractivity contribution < 1.29 is 33.3 Å². The standard InChI is InChI=1S/C33H38BrNO7/c1-18-30(33(37)42-21-9-7-6-8-10-21)31(22-16-28(40-4)29(41-5)17-23(22)34)32-24(35-18)13-20(14-25(32)36)19-11-12-26(38-2)27(15-19)39-3/h11-12,15-17,20-21,31,35H,6-10,13-14H2,1-5H3. The summed E-state index contributed by atoms with van der Waals surface area (Å²) in [7, 11) is 6.35. The topological polar surface area (TPSA) is 92.3 Å². The van der Waals surface area contributed by atoms with E-state index in [-0.39, 0.29) is 23.8 Å². The van der Waals surface area contributed by atoms with Gasteiger partial charge in [-0.25, -0.2) is 4.79 Å². The number of dihydropyridines is 1. The number of nitrogens with one attached hydrogen (secondary N) is 1. The number of Topliss-reactive ketones (excluding diaryl/α,β-unsaturated/α-hetero) is 1. The van der Waals surface area contributed by atoms with Gasteiger partial charge in [-0.15, -0.1) is 0 Å². The summed E-state index contributed by atoms with van der Waals surface area (Å²) in [5.41, 5.74) is 4.26. The van der Waals surface area contributed by atoms with Gasteiger partial charge in [0.15, 0.2) is 28.8 Å². The van der Waals surface area contributed by atoms with Gasteiger partial charge in [0.25, 0.3) is 0 Å². The highest BCUT2D eigenvalue weighted by Gasteiger charge is 2.43. The minimum atomic E-state index is -0.634. The van der Waals surface area contributed by atoms with Crippen LogP contribution in [0.5, 0.6) is 23.0 Å². The maximum Gasteiger partial charge on any atom is 0.337 e. The van der Waals surface area contributed by atoms with Crippen molar-refractivity contribution in [3.63, 3.8) is 0 Å². The normalized spacial score (nSPS) is 21.0. The number of allylic oxidation sites excluding steroid dienone is 3. The molecule has 1 heterocycles. The molecule has 0 aromatic heterocycles. The van der Waals surface area contributed by atoms with E-state index in [0.717, 1.165) is 48.9 Å². The quantitative estimate of drug-likeness (QED) is 0.318. The Kier molecular flexibility index (Phi) is 9.16. The van der Waals surface area contributed by atoms with E-state index in [9.17, 15) is 9.59 Å². The van der Waals surface area contributed by atoms with E-state index in [0.29, 0.717) is 57.2 Å². The van der Waals surface area contributed by atoms with Crippen LogP contribution in [0.1, 0.15) is 74.8 Å². The monoisotopic (exact) mass is 639 g/mol. The Morgan fingerprint density at radius 2 is 1.50 bits per heavy atom. The van der Waals surface area contributed by atoms with Crippen molar-refractivity contribution in [2.75, 3.05) is 28.4 Å². The number of hydrogen-bond donors (Lipinski definition) is 1. The number of hydrogen-bond acceptors (Lipinski definition) is 8. The zero-order valence-electron chi connectivity index (χ0n) is 24.8. The largest absolute Gasteiger partial charge is 0.493 e. The number of esters is 1. The molecule has 0 saturated heterocycles. The molecule has 5 rings (SSSR count). The molecule has 1 fully saturated rings. The van der Waals surface area contributed by atoms with Crippen LogP contribution in [0.3, 0.4) is 0 Å². The number of rotatable bonds is 8. The molecular formula is C33H38BrNO7.